The van der Waals surface area contributed by atoms with E-state index < -0.39 is 0 Å². The first-order valence-electron chi connectivity index (χ1n) is 9.45. The van der Waals surface area contributed by atoms with Crippen molar-refractivity contribution in [2.75, 3.05) is 19.0 Å². The van der Waals surface area contributed by atoms with E-state index in [4.69, 9.17) is 14.5 Å². The van der Waals surface area contributed by atoms with Crippen LogP contribution in [0.25, 0.3) is 0 Å². The summed E-state index contributed by atoms with van der Waals surface area (Å²) in [6, 6.07) is 25.9. The van der Waals surface area contributed by atoms with Crippen LogP contribution in [0.4, 0.5) is 11.4 Å². The van der Waals surface area contributed by atoms with Crippen LogP contribution in [0.5, 0.6) is 11.5 Å². The van der Waals surface area contributed by atoms with E-state index in [0.29, 0.717) is 13.2 Å². The average molecular weight is 468 g/mol. The fourth-order valence-electron chi connectivity index (χ4n) is 2.68. The highest BCUT2D eigenvalue weighted by molar-refractivity contribution is 5.87. The van der Waals surface area contributed by atoms with Crippen molar-refractivity contribution in [3.05, 3.63) is 97.1 Å². The van der Waals surface area contributed by atoms with Gasteiger partial charge in [-0.3, -0.25) is 5.32 Å². The van der Waals surface area contributed by atoms with Crippen molar-refractivity contribution in [3.8, 4) is 11.5 Å². The summed E-state index contributed by atoms with van der Waals surface area (Å²) in [6.07, 6.45) is 1.73. The number of methoxy groups -OCH3 is 1. The van der Waals surface area contributed by atoms with Gasteiger partial charge in [-0.1, -0.05) is 43.0 Å². The molecule has 0 bridgehead atoms. The predicted octanol–water partition coefficient (Wildman–Crippen LogP) is 1.13. The summed E-state index contributed by atoms with van der Waals surface area (Å²) in [5.41, 5.74) is 3.13. The lowest BCUT2D eigenvalue weighted by atomic mass is 10.2. The molecule has 0 spiro atoms. The molecule has 0 heterocycles. The van der Waals surface area contributed by atoms with Gasteiger partial charge < -0.3 is 26.5 Å². The van der Waals surface area contributed by atoms with Crippen molar-refractivity contribution < 1.29 is 31.8 Å². The number of halogens is 1. The van der Waals surface area contributed by atoms with Gasteiger partial charge >= 0.3 is 5.96 Å². The van der Waals surface area contributed by atoms with Crippen molar-refractivity contribution in [2.24, 2.45) is 4.99 Å². The molecule has 0 atom stereocenters. The Hall–Kier alpha value is -3.09. The van der Waals surface area contributed by atoms with E-state index >= 15 is 0 Å². The van der Waals surface area contributed by atoms with Gasteiger partial charge in [0.05, 0.1) is 13.7 Å². The molecule has 0 aromatic heterocycles. The molecule has 0 unspecified atom stereocenters. The third kappa shape index (κ3) is 7.39. The van der Waals surface area contributed by atoms with Crippen LogP contribution in [0, 0.1) is 0 Å². The molecule has 3 N–H and O–H groups in total. The molecule has 0 aliphatic carbocycles. The first-order chi connectivity index (χ1) is 14.3. The van der Waals surface area contributed by atoms with E-state index in [1.165, 1.54) is 0 Å². The van der Waals surface area contributed by atoms with Gasteiger partial charge in [-0.05, 0) is 42.0 Å². The molecule has 0 radical (unpaired) electrons. The van der Waals surface area contributed by atoms with Crippen LogP contribution in [0.3, 0.4) is 0 Å². The van der Waals surface area contributed by atoms with Crippen LogP contribution in [0.2, 0.25) is 0 Å². The van der Waals surface area contributed by atoms with E-state index in [2.05, 4.69) is 24.0 Å². The number of hydrogen-bond acceptors (Lipinski definition) is 3. The minimum atomic E-state index is 0. The van der Waals surface area contributed by atoms with Gasteiger partial charge in [-0.2, -0.15) is 0 Å². The second kappa shape index (κ2) is 12.5. The number of benzene rings is 3. The molecule has 30 heavy (non-hydrogen) atoms. The highest BCUT2D eigenvalue weighted by Gasteiger charge is 2.08. The Morgan fingerprint density at radius 2 is 1.63 bits per heavy atom. The van der Waals surface area contributed by atoms with Crippen molar-refractivity contribution in [1.82, 2.24) is 0 Å². The van der Waals surface area contributed by atoms with Gasteiger partial charge in [-0.15, -0.1) is 0 Å². The quantitative estimate of drug-likeness (QED) is 0.226. The van der Waals surface area contributed by atoms with Crippen LogP contribution < -0.4 is 37.1 Å². The van der Waals surface area contributed by atoms with Crippen molar-refractivity contribution >= 4 is 17.3 Å². The monoisotopic (exact) mass is 467 g/mol. The third-order valence-electron chi connectivity index (χ3n) is 4.19. The predicted molar refractivity (Wildman–Crippen MR) is 118 cm³/mol. The largest absolute Gasteiger partial charge is 1.00 e. The highest BCUT2D eigenvalue weighted by Crippen LogP contribution is 2.15. The number of nitrogens with one attached hydrogen (secondary N) is 1. The Balaban J connectivity index is 0.00000320. The second-order valence-electron chi connectivity index (χ2n) is 6.35. The molecule has 0 fully saturated rings. The molecule has 0 aliphatic heterocycles. The number of anilines is 1. The molecule has 3 rings (SSSR count). The van der Waals surface area contributed by atoms with Gasteiger partial charge in [0.2, 0.25) is 0 Å². The molecular weight excluding hydrogens is 442 g/mol. The Kier molecular flexibility index (Phi) is 9.64. The van der Waals surface area contributed by atoms with Gasteiger partial charge in [0.1, 0.15) is 23.8 Å². The van der Waals surface area contributed by atoms with Gasteiger partial charge in [0, 0.05) is 17.8 Å². The SMILES string of the molecule is C=CCOc1ccc([NH2+]C(=NCc2ccccc2)Nc2ccc(OC)cc2)cc1.[Br-]. The molecular formula is C24H26BrN3O2. The molecule has 156 valence electrons. The standard InChI is InChI=1S/C24H25N3O2.BrH/c1-3-17-29-23-15-11-21(12-16-23)27-24(25-18-19-7-5-4-6-8-19)26-20-9-13-22(28-2)14-10-20;/h3-16H,1,17-18H2,2H3,(H2,25,26,27);1H. The Labute approximate surface area is 188 Å². The lowest BCUT2D eigenvalue weighted by molar-refractivity contribution is -0.444. The molecule has 0 amide bonds. The number of rotatable bonds is 8. The maximum absolute atomic E-state index is 5.55. The number of quaternary nitrogens is 1. The third-order valence-corrected chi connectivity index (χ3v) is 4.19. The van der Waals surface area contributed by atoms with E-state index in [0.717, 1.165) is 34.4 Å². The van der Waals surface area contributed by atoms with Crippen LogP contribution >= 0.6 is 0 Å². The fourth-order valence-corrected chi connectivity index (χ4v) is 2.68. The molecule has 0 aliphatic rings. The van der Waals surface area contributed by atoms with E-state index in [1.54, 1.807) is 13.2 Å². The Bertz CT molecular complexity index is 927. The lowest BCUT2D eigenvalue weighted by Crippen LogP contribution is -3.00. The minimum absolute atomic E-state index is 0. The number of hydrogen-bond donors (Lipinski definition) is 2. The zero-order valence-corrected chi connectivity index (χ0v) is 18.5. The summed E-state index contributed by atoms with van der Waals surface area (Å²) in [5, 5.41) is 5.41. The van der Waals surface area contributed by atoms with E-state index in [1.807, 2.05) is 72.0 Å². The molecule has 0 saturated carbocycles. The van der Waals surface area contributed by atoms with Gasteiger partial charge in [-0.25, -0.2) is 10.3 Å². The normalized spacial score (nSPS) is 10.6. The number of guanidine groups is 1. The summed E-state index contributed by atoms with van der Waals surface area (Å²) in [6.45, 7) is 4.75. The van der Waals surface area contributed by atoms with Crippen molar-refractivity contribution in [1.29, 1.82) is 0 Å². The summed E-state index contributed by atoms with van der Waals surface area (Å²) in [4.78, 5) is 4.77. The second-order valence-corrected chi connectivity index (χ2v) is 6.35. The lowest BCUT2D eigenvalue weighted by Gasteiger charge is -2.09. The van der Waals surface area contributed by atoms with Crippen LogP contribution in [-0.4, -0.2) is 19.7 Å². The van der Waals surface area contributed by atoms with Crippen molar-refractivity contribution in [2.45, 2.75) is 6.54 Å². The molecule has 3 aromatic rings. The zero-order chi connectivity index (χ0) is 20.3. The summed E-state index contributed by atoms with van der Waals surface area (Å²) < 4.78 is 10.8. The van der Waals surface area contributed by atoms with Gasteiger partial charge in [0.25, 0.3) is 0 Å². The van der Waals surface area contributed by atoms with E-state index in [-0.39, 0.29) is 17.0 Å². The summed E-state index contributed by atoms with van der Waals surface area (Å²) in [5.74, 6) is 2.41. The average Bonchev–Trinajstić information content (AvgIpc) is 2.78. The Morgan fingerprint density at radius 1 is 0.967 bits per heavy atom. The molecule has 5 nitrogen and oxygen atoms in total. The van der Waals surface area contributed by atoms with Crippen molar-refractivity contribution in [3.63, 3.8) is 0 Å². The van der Waals surface area contributed by atoms with Gasteiger partial charge in [0.15, 0.2) is 0 Å². The minimum Gasteiger partial charge on any atom is -1.00 e. The van der Waals surface area contributed by atoms with Crippen LogP contribution in [0.15, 0.2) is 96.5 Å². The number of ether oxygens (including phenoxy) is 2. The van der Waals surface area contributed by atoms with Crippen LogP contribution in [-0.2, 0) is 6.54 Å². The number of nitrogens with zero attached hydrogens (tertiary/aromatic N) is 1. The summed E-state index contributed by atoms with van der Waals surface area (Å²) >= 11 is 0. The Morgan fingerprint density at radius 3 is 2.27 bits per heavy atom. The fraction of sp³-hybridized carbons (Fsp3) is 0.125. The smallest absolute Gasteiger partial charge is 0.304 e. The summed E-state index contributed by atoms with van der Waals surface area (Å²) in [7, 11) is 1.66. The first-order valence-corrected chi connectivity index (χ1v) is 9.45. The number of aliphatic imine (C=N–C) groups is 1. The molecule has 0 saturated heterocycles. The zero-order valence-electron chi connectivity index (χ0n) is 16.9. The maximum atomic E-state index is 5.55. The molecule has 6 heteroatoms. The topological polar surface area (TPSA) is 59.5 Å². The molecule has 3 aromatic carbocycles. The highest BCUT2D eigenvalue weighted by atomic mass is 79.9. The van der Waals surface area contributed by atoms with Crippen LogP contribution in [0.1, 0.15) is 5.56 Å². The number of nitrogens with two attached hydrogens (primary N) is 1. The maximum Gasteiger partial charge on any atom is 0.304 e. The van der Waals surface area contributed by atoms with E-state index in [9.17, 15) is 0 Å². The first kappa shape index (κ1) is 23.2.